The van der Waals surface area contributed by atoms with Crippen LogP contribution in [0.25, 0.3) is 0 Å². The SMILES string of the molecule is [B]B([B])B(B([B])[B])B(B([B])[B])B(B(B([B])[B])B([B])[B])c1ccc(Cc2cc(N)cc(N)c2)cc1. The molecule has 0 aliphatic rings. The first kappa shape index (κ1) is 29.5. The van der Waals surface area contributed by atoms with Crippen LogP contribution in [0.2, 0.25) is 0 Å². The van der Waals surface area contributed by atoms with Crippen LogP contribution < -0.4 is 16.9 Å². The number of anilines is 2. The quantitative estimate of drug-likeness (QED) is 0.291. The van der Waals surface area contributed by atoms with Crippen LogP contribution >= 0.6 is 0 Å². The second-order valence-corrected chi connectivity index (χ2v) is 9.07. The van der Waals surface area contributed by atoms with Gasteiger partial charge in [-0.15, -0.1) is 0 Å². The maximum atomic E-state index is 6.22. The summed E-state index contributed by atoms with van der Waals surface area (Å²) in [7, 11) is 61.1. The highest BCUT2D eigenvalue weighted by atomic mass is 14.6. The molecule has 0 saturated heterocycles. The van der Waals surface area contributed by atoms with Gasteiger partial charge in [0.15, 0.2) is 0 Å². The summed E-state index contributed by atoms with van der Waals surface area (Å²) in [5.41, 5.74) is 15.8. The lowest BCUT2D eigenvalue weighted by molar-refractivity contribution is 1.20. The number of nitrogen functional groups attached to an aromatic ring is 2. The molecule has 0 aromatic heterocycles. The Morgan fingerprint density at radius 2 is 0.912 bits per heavy atom. The maximum Gasteiger partial charge on any atom is 0.0804 e. The molecule has 21 heteroatoms. The summed E-state index contributed by atoms with van der Waals surface area (Å²) in [4.78, 5) is 0. The monoisotopic (exact) mass is 406 g/mol. The summed E-state index contributed by atoms with van der Waals surface area (Å²) in [6.45, 7) is -0.522. The van der Waals surface area contributed by atoms with E-state index in [2.05, 4.69) is 0 Å². The Kier molecular flexibility index (Phi) is 11.3. The van der Waals surface area contributed by atoms with Crippen LogP contribution in [0.5, 0.6) is 0 Å². The molecule has 20 radical (unpaired) electrons. The van der Waals surface area contributed by atoms with Crippen LogP contribution in [-0.4, -0.2) is 135 Å². The van der Waals surface area contributed by atoms with Gasteiger partial charge in [-0.3, -0.25) is 0 Å². The highest BCUT2D eigenvalue weighted by molar-refractivity contribution is 8.15. The van der Waals surface area contributed by atoms with Gasteiger partial charge in [0.25, 0.3) is 0 Å². The molecular formula is C13H13B19N2. The maximum absolute atomic E-state index is 6.22. The minimum Gasteiger partial charge on any atom is -0.399 e. The van der Waals surface area contributed by atoms with Crippen molar-refractivity contribution in [3.8, 4) is 0 Å². The third kappa shape index (κ3) is 7.63. The first-order valence-corrected chi connectivity index (χ1v) is 11.1. The molecule has 2 aromatic carbocycles. The molecule has 0 bridgehead atoms. The van der Waals surface area contributed by atoms with Crippen LogP contribution in [0, 0.1) is 0 Å². The van der Waals surface area contributed by atoms with E-state index in [1.165, 1.54) is 0 Å². The molecule has 4 N–H and O–H groups in total. The van der Waals surface area contributed by atoms with Crippen molar-refractivity contribution in [1.82, 2.24) is 0 Å². The molecule has 0 fully saturated rings. The predicted molar refractivity (Wildman–Crippen MR) is 173 cm³/mol. The van der Waals surface area contributed by atoms with E-state index >= 15 is 0 Å². The van der Waals surface area contributed by atoms with E-state index in [1.54, 1.807) is 6.07 Å². The molecule has 34 heavy (non-hydrogen) atoms. The topological polar surface area (TPSA) is 52.0 Å². The van der Waals surface area contributed by atoms with Crippen molar-refractivity contribution in [2.24, 2.45) is 0 Å². The van der Waals surface area contributed by atoms with E-state index in [4.69, 9.17) is 88.8 Å². The number of nitrogens with two attached hydrogens (primary N) is 2. The van der Waals surface area contributed by atoms with Crippen molar-refractivity contribution in [3.05, 3.63) is 53.6 Å². The van der Waals surface area contributed by atoms with Crippen LogP contribution in [-0.2, 0) is 6.42 Å². The third-order valence-corrected chi connectivity index (χ3v) is 6.31. The van der Waals surface area contributed by atoms with Crippen molar-refractivity contribution >= 4 is 152 Å². The molecule has 0 aliphatic heterocycles. The summed E-state index contributed by atoms with van der Waals surface area (Å²) in [6.07, 6.45) is -5.77. The second kappa shape index (κ2) is 13.0. The van der Waals surface area contributed by atoms with E-state index < -0.39 is 57.6 Å². The van der Waals surface area contributed by atoms with Crippen molar-refractivity contribution < 1.29 is 0 Å². The molecule has 132 valence electrons. The third-order valence-electron chi connectivity index (χ3n) is 6.31. The highest BCUT2D eigenvalue weighted by Crippen LogP contribution is 2.17. The molecule has 2 nitrogen and oxygen atoms in total. The normalized spacial score (nSPS) is 10.1. The highest BCUT2D eigenvalue weighted by Gasteiger charge is 2.46. The molecule has 0 heterocycles. The summed E-state index contributed by atoms with van der Waals surface area (Å²) >= 11 is 0. The Morgan fingerprint density at radius 3 is 1.29 bits per heavy atom. The fraction of sp³-hybridized carbons (Fsp3) is 0.0769. The predicted octanol–water partition coefficient (Wildman–Crippen LogP) is -5.62. The van der Waals surface area contributed by atoms with E-state index in [9.17, 15) is 0 Å². The second-order valence-electron chi connectivity index (χ2n) is 9.07. The average molecular weight is 403 g/mol. The summed E-state index contributed by atoms with van der Waals surface area (Å²) in [6, 6.07) is 13.2. The van der Waals surface area contributed by atoms with Crippen LogP contribution in [0.15, 0.2) is 42.5 Å². The largest absolute Gasteiger partial charge is 0.399 e. The zero-order valence-corrected chi connectivity index (χ0v) is 19.4. The van der Waals surface area contributed by atoms with Gasteiger partial charge in [0.1, 0.15) is 0 Å². The Bertz CT molecular complexity index is 871. The van der Waals surface area contributed by atoms with Crippen molar-refractivity contribution in [2.45, 2.75) is 6.42 Å². The van der Waals surface area contributed by atoms with Gasteiger partial charge in [-0.1, -0.05) is 29.7 Å². The van der Waals surface area contributed by atoms with Crippen LogP contribution in [0.3, 0.4) is 0 Å². The lowest BCUT2D eigenvalue weighted by atomic mass is 8.42. The number of hydrogen-bond donors (Lipinski definition) is 2. The van der Waals surface area contributed by atoms with E-state index in [0.29, 0.717) is 17.8 Å². The molecule has 0 atom stereocenters. The van der Waals surface area contributed by atoms with Crippen molar-refractivity contribution in [1.29, 1.82) is 0 Å². The zero-order valence-electron chi connectivity index (χ0n) is 19.4. The summed E-state index contributed by atoms with van der Waals surface area (Å²) in [5, 5.41) is 0. The lowest BCUT2D eigenvalue weighted by Crippen LogP contribution is -2.81. The fourth-order valence-electron chi connectivity index (χ4n) is 4.88. The minimum atomic E-state index is -0.908. The van der Waals surface area contributed by atoms with Gasteiger partial charge in [-0.25, -0.2) is 0 Å². The van der Waals surface area contributed by atoms with E-state index in [-0.39, 0.29) is 0 Å². The van der Waals surface area contributed by atoms with Crippen molar-refractivity contribution in [2.75, 3.05) is 11.5 Å². The van der Waals surface area contributed by atoms with Crippen molar-refractivity contribution in [3.63, 3.8) is 0 Å². The van der Waals surface area contributed by atoms with Gasteiger partial charge < -0.3 is 11.5 Å². The number of hydrogen-bond acceptors (Lipinski definition) is 2. The Hall–Kier alpha value is -0.726. The van der Waals surface area contributed by atoms with Gasteiger partial charge in [0, 0.05) is 140 Å². The van der Waals surface area contributed by atoms with E-state index in [0.717, 1.165) is 16.6 Å². The first-order chi connectivity index (χ1) is 15.8. The lowest BCUT2D eigenvalue weighted by Gasteiger charge is -2.42. The molecule has 2 aromatic rings. The zero-order chi connectivity index (χ0) is 25.7. The minimum absolute atomic E-state index is 0.522. The number of rotatable bonds is 11. The molecule has 0 spiro atoms. The van der Waals surface area contributed by atoms with Crippen LogP contribution in [0.1, 0.15) is 11.1 Å². The molecule has 2 rings (SSSR count). The molecule has 0 saturated carbocycles. The van der Waals surface area contributed by atoms with Gasteiger partial charge in [0.05, 0.1) is 6.49 Å². The Balaban J connectivity index is 2.53. The molecule has 0 aliphatic carbocycles. The Labute approximate surface area is 222 Å². The first-order valence-electron chi connectivity index (χ1n) is 11.1. The van der Waals surface area contributed by atoms with Gasteiger partial charge >= 0.3 is 0 Å². The summed E-state index contributed by atoms with van der Waals surface area (Å²) in [5.74, 6) is 0. The average Bonchev–Trinajstić information content (AvgIpc) is 2.68. The van der Waals surface area contributed by atoms with Gasteiger partial charge in [-0.2, -0.15) is 0 Å². The number of benzene rings is 2. The van der Waals surface area contributed by atoms with Gasteiger partial charge in [-0.05, 0) is 35.7 Å². The summed E-state index contributed by atoms with van der Waals surface area (Å²) < 4.78 is 0. The fourth-order valence-corrected chi connectivity index (χ4v) is 4.88. The molecule has 0 amide bonds. The van der Waals surface area contributed by atoms with E-state index in [1.807, 2.05) is 36.4 Å². The van der Waals surface area contributed by atoms with Gasteiger partial charge in [0.2, 0.25) is 0 Å². The molecule has 0 unspecified atom stereocenters. The standard InChI is InChI=1S/C13H13B19N2/c14-25(15)30(26(16)17)24(31(27(18)19)32(28(20)21)29(22)23)11-3-1-9(2-4-11)5-10-6-12(33)8-13(34)7-10/h1-4,6-8H,5,33-34H2. The molecular weight excluding hydrogens is 390 g/mol. The Morgan fingerprint density at radius 1 is 0.500 bits per heavy atom. The smallest absolute Gasteiger partial charge is 0.0804 e. The van der Waals surface area contributed by atoms with Crippen LogP contribution in [0.4, 0.5) is 11.4 Å².